The van der Waals surface area contributed by atoms with Crippen LogP contribution in [0.4, 0.5) is 10.5 Å². The Morgan fingerprint density at radius 2 is 1.85 bits per heavy atom. The van der Waals surface area contributed by atoms with Gasteiger partial charge in [0.25, 0.3) is 11.8 Å². The summed E-state index contributed by atoms with van der Waals surface area (Å²) in [4.78, 5) is 50.9. The fourth-order valence-corrected chi connectivity index (χ4v) is 3.86. The Balaban J connectivity index is 1.69. The average Bonchev–Trinajstić information content (AvgIpc) is 3.27. The number of rotatable bonds is 4. The molecule has 0 aliphatic carbocycles. The van der Waals surface area contributed by atoms with Gasteiger partial charge in [0.15, 0.2) is 0 Å². The number of esters is 1. The molecular formula is C25H19BrN2O6. The number of imide groups is 2. The van der Waals surface area contributed by atoms with Crippen molar-refractivity contribution in [3.63, 3.8) is 0 Å². The van der Waals surface area contributed by atoms with Crippen LogP contribution in [0.2, 0.25) is 0 Å². The quantitative estimate of drug-likeness (QED) is 0.300. The lowest BCUT2D eigenvalue weighted by atomic mass is 10.0. The van der Waals surface area contributed by atoms with E-state index in [1.54, 1.807) is 55.5 Å². The molecule has 2 heterocycles. The van der Waals surface area contributed by atoms with E-state index in [-0.39, 0.29) is 11.3 Å². The zero-order valence-electron chi connectivity index (χ0n) is 18.5. The number of urea groups is 1. The maximum Gasteiger partial charge on any atom is 0.338 e. The molecule has 0 radical (unpaired) electrons. The number of hydrogen-bond acceptors (Lipinski definition) is 6. The maximum atomic E-state index is 13.1. The molecule has 1 aliphatic rings. The number of anilines is 1. The smallest absolute Gasteiger partial charge is 0.338 e. The van der Waals surface area contributed by atoms with Crippen LogP contribution in [0.3, 0.4) is 0 Å². The third kappa shape index (κ3) is 4.17. The van der Waals surface area contributed by atoms with Crippen molar-refractivity contribution in [3.8, 4) is 11.3 Å². The van der Waals surface area contributed by atoms with Gasteiger partial charge < -0.3 is 9.15 Å². The van der Waals surface area contributed by atoms with E-state index in [1.807, 2.05) is 6.92 Å². The standard InChI is InChI=1S/C25H19BrN2O6/c1-13-11-15(7-9-20(13)26)28-23(30)19(22(29)27-25(28)32)12-16-8-10-21(34-16)17-5-4-6-18(14(17)2)24(31)33-3/h4-12H,1-3H3,(H,27,29,32)/b19-12+. The maximum absolute atomic E-state index is 13.1. The second-order valence-corrected chi connectivity index (χ2v) is 8.42. The zero-order chi connectivity index (χ0) is 24.6. The highest BCUT2D eigenvalue weighted by atomic mass is 79.9. The Hall–Kier alpha value is -3.98. The number of nitrogens with one attached hydrogen (secondary N) is 1. The highest BCUT2D eigenvalue weighted by molar-refractivity contribution is 9.10. The molecule has 4 rings (SSSR count). The molecule has 34 heavy (non-hydrogen) atoms. The van der Waals surface area contributed by atoms with Crippen LogP contribution in [-0.2, 0) is 14.3 Å². The largest absolute Gasteiger partial charge is 0.465 e. The number of ether oxygens (including phenoxy) is 1. The summed E-state index contributed by atoms with van der Waals surface area (Å²) in [5.74, 6) is -1.38. The van der Waals surface area contributed by atoms with Crippen molar-refractivity contribution in [1.29, 1.82) is 0 Å². The summed E-state index contributed by atoms with van der Waals surface area (Å²) >= 11 is 3.38. The van der Waals surface area contributed by atoms with Gasteiger partial charge in [0, 0.05) is 10.0 Å². The number of furan rings is 1. The van der Waals surface area contributed by atoms with E-state index < -0.39 is 23.8 Å². The van der Waals surface area contributed by atoms with Gasteiger partial charge in [-0.3, -0.25) is 14.9 Å². The second-order valence-electron chi connectivity index (χ2n) is 7.56. The van der Waals surface area contributed by atoms with Gasteiger partial charge in [-0.25, -0.2) is 14.5 Å². The van der Waals surface area contributed by atoms with Crippen molar-refractivity contribution in [2.24, 2.45) is 0 Å². The van der Waals surface area contributed by atoms with Crippen molar-refractivity contribution in [2.45, 2.75) is 13.8 Å². The first-order chi connectivity index (χ1) is 16.2. The van der Waals surface area contributed by atoms with Crippen molar-refractivity contribution in [1.82, 2.24) is 5.32 Å². The first-order valence-corrected chi connectivity index (χ1v) is 11.0. The highest BCUT2D eigenvalue weighted by Crippen LogP contribution is 2.30. The Morgan fingerprint density at radius 3 is 2.56 bits per heavy atom. The Morgan fingerprint density at radius 1 is 1.09 bits per heavy atom. The summed E-state index contributed by atoms with van der Waals surface area (Å²) in [6.07, 6.45) is 1.28. The monoisotopic (exact) mass is 522 g/mol. The molecule has 0 unspecified atom stereocenters. The van der Waals surface area contributed by atoms with Crippen LogP contribution in [0.15, 0.2) is 63.0 Å². The molecule has 1 fully saturated rings. The van der Waals surface area contributed by atoms with Gasteiger partial charge >= 0.3 is 12.0 Å². The van der Waals surface area contributed by atoms with Gasteiger partial charge in [0.2, 0.25) is 0 Å². The Bertz CT molecular complexity index is 1390. The number of methoxy groups -OCH3 is 1. The molecule has 1 N–H and O–H groups in total. The molecule has 1 aromatic heterocycles. The molecule has 3 aromatic rings. The van der Waals surface area contributed by atoms with Crippen molar-refractivity contribution < 1.29 is 28.3 Å². The summed E-state index contributed by atoms with van der Waals surface area (Å²) in [6, 6.07) is 12.6. The Kier molecular flexibility index (Phi) is 6.21. The third-order valence-electron chi connectivity index (χ3n) is 5.42. The van der Waals surface area contributed by atoms with Gasteiger partial charge in [0.1, 0.15) is 17.1 Å². The molecule has 2 aromatic carbocycles. The molecule has 0 bridgehead atoms. The van der Waals surface area contributed by atoms with E-state index in [0.717, 1.165) is 14.9 Å². The number of benzene rings is 2. The number of halogens is 1. The van der Waals surface area contributed by atoms with Crippen molar-refractivity contribution in [2.75, 3.05) is 12.0 Å². The van der Waals surface area contributed by atoms with Crippen LogP contribution in [0.5, 0.6) is 0 Å². The summed E-state index contributed by atoms with van der Waals surface area (Å²) < 4.78 is 11.5. The van der Waals surface area contributed by atoms with E-state index >= 15 is 0 Å². The molecule has 0 atom stereocenters. The lowest BCUT2D eigenvalue weighted by Gasteiger charge is -2.26. The molecule has 0 saturated carbocycles. The summed E-state index contributed by atoms with van der Waals surface area (Å²) in [5, 5.41) is 2.19. The third-order valence-corrected chi connectivity index (χ3v) is 6.31. The van der Waals surface area contributed by atoms with E-state index in [0.29, 0.717) is 28.1 Å². The first-order valence-electron chi connectivity index (χ1n) is 10.2. The van der Waals surface area contributed by atoms with Crippen LogP contribution >= 0.6 is 15.9 Å². The zero-order valence-corrected chi connectivity index (χ0v) is 20.1. The van der Waals surface area contributed by atoms with E-state index in [9.17, 15) is 19.2 Å². The molecule has 172 valence electrons. The van der Waals surface area contributed by atoms with Gasteiger partial charge in [0.05, 0.1) is 18.4 Å². The van der Waals surface area contributed by atoms with Crippen LogP contribution in [0.1, 0.15) is 27.2 Å². The topological polar surface area (TPSA) is 106 Å². The molecule has 9 heteroatoms. The minimum absolute atomic E-state index is 0.234. The van der Waals surface area contributed by atoms with Gasteiger partial charge in [-0.05, 0) is 67.4 Å². The summed E-state index contributed by atoms with van der Waals surface area (Å²) in [7, 11) is 1.31. The molecule has 1 saturated heterocycles. The van der Waals surface area contributed by atoms with E-state index in [2.05, 4.69) is 21.2 Å². The molecule has 1 aliphatic heterocycles. The summed E-state index contributed by atoms with van der Waals surface area (Å²) in [6.45, 7) is 3.59. The second kappa shape index (κ2) is 9.11. The fraction of sp³-hybridized carbons (Fsp3) is 0.120. The Labute approximate surface area is 203 Å². The van der Waals surface area contributed by atoms with E-state index in [1.165, 1.54) is 13.2 Å². The van der Waals surface area contributed by atoms with Crippen LogP contribution in [-0.4, -0.2) is 30.9 Å². The SMILES string of the molecule is COC(=O)c1cccc(-c2ccc(/C=C3\C(=O)NC(=O)N(c4ccc(Br)c(C)c4)C3=O)o2)c1C. The molecule has 0 spiro atoms. The number of barbiturate groups is 1. The van der Waals surface area contributed by atoms with Crippen molar-refractivity contribution >= 4 is 51.5 Å². The number of aryl methyl sites for hydroxylation is 1. The molecular weight excluding hydrogens is 504 g/mol. The number of hydrogen-bond donors (Lipinski definition) is 1. The van der Waals surface area contributed by atoms with E-state index in [4.69, 9.17) is 9.15 Å². The lowest BCUT2D eigenvalue weighted by Crippen LogP contribution is -2.54. The van der Waals surface area contributed by atoms with Crippen molar-refractivity contribution in [3.05, 3.63) is 81.0 Å². The number of carbonyl (C=O) groups is 4. The van der Waals surface area contributed by atoms with Crippen LogP contribution in [0, 0.1) is 13.8 Å². The minimum Gasteiger partial charge on any atom is -0.465 e. The lowest BCUT2D eigenvalue weighted by molar-refractivity contribution is -0.122. The van der Waals surface area contributed by atoms with Crippen LogP contribution in [0.25, 0.3) is 17.4 Å². The molecule has 4 amide bonds. The van der Waals surface area contributed by atoms with Gasteiger partial charge in [-0.1, -0.05) is 28.1 Å². The first kappa shape index (κ1) is 23.2. The normalized spacial score (nSPS) is 15.0. The minimum atomic E-state index is -0.829. The summed E-state index contributed by atoms with van der Waals surface area (Å²) in [5.41, 5.74) is 2.63. The van der Waals surface area contributed by atoms with Crippen LogP contribution < -0.4 is 10.2 Å². The number of nitrogens with zero attached hydrogens (tertiary/aromatic N) is 1. The van der Waals surface area contributed by atoms with Gasteiger partial charge in [-0.15, -0.1) is 0 Å². The molecule has 8 nitrogen and oxygen atoms in total. The fourth-order valence-electron chi connectivity index (χ4n) is 3.61. The number of amides is 4. The predicted molar refractivity (Wildman–Crippen MR) is 128 cm³/mol. The number of carbonyl (C=O) groups excluding carboxylic acids is 4. The van der Waals surface area contributed by atoms with Gasteiger partial charge in [-0.2, -0.15) is 0 Å². The highest BCUT2D eigenvalue weighted by Gasteiger charge is 2.37. The predicted octanol–water partition coefficient (Wildman–Crippen LogP) is 4.78. The average molecular weight is 523 g/mol.